The van der Waals surface area contributed by atoms with Gasteiger partial charge in [-0.3, -0.25) is 0 Å². The quantitative estimate of drug-likeness (QED) is 0.579. The van der Waals surface area contributed by atoms with Crippen molar-refractivity contribution in [1.82, 2.24) is 15.2 Å². The lowest BCUT2D eigenvalue weighted by atomic mass is 10.0. The third-order valence-corrected chi connectivity index (χ3v) is 4.35. The Labute approximate surface area is 138 Å². The molecule has 4 rings (SSSR count). The molecule has 5 heteroatoms. The fourth-order valence-electron chi connectivity index (χ4n) is 2.99. The van der Waals surface area contributed by atoms with Crippen LogP contribution in [0, 0.1) is 6.92 Å². The van der Waals surface area contributed by atoms with Crippen molar-refractivity contribution in [3.05, 3.63) is 53.3 Å². The molecule has 2 aromatic carbocycles. The molecule has 1 N–H and O–H groups in total. The molecule has 0 atom stereocenters. The largest absolute Gasteiger partial charge is 0.497 e. The number of hydrogen-bond acceptors (Lipinski definition) is 3. The van der Waals surface area contributed by atoms with E-state index in [1.165, 1.54) is 0 Å². The highest BCUT2D eigenvalue weighted by atomic mass is 35.5. The van der Waals surface area contributed by atoms with Crippen LogP contribution in [-0.2, 0) is 0 Å². The molecule has 114 valence electrons. The molecular formula is C18H14ClN3O. The van der Waals surface area contributed by atoms with Gasteiger partial charge in [0.2, 0.25) is 0 Å². The summed E-state index contributed by atoms with van der Waals surface area (Å²) in [5, 5.41) is 11.9. The van der Waals surface area contributed by atoms with Gasteiger partial charge >= 0.3 is 0 Å². The van der Waals surface area contributed by atoms with Crippen LogP contribution in [0.15, 0.2) is 42.5 Å². The van der Waals surface area contributed by atoms with E-state index in [-0.39, 0.29) is 0 Å². The van der Waals surface area contributed by atoms with Crippen molar-refractivity contribution in [2.75, 3.05) is 7.11 Å². The lowest BCUT2D eigenvalue weighted by Gasteiger charge is -2.07. The van der Waals surface area contributed by atoms with Crippen molar-refractivity contribution >= 4 is 33.3 Å². The molecule has 0 radical (unpaired) electrons. The predicted molar refractivity (Wildman–Crippen MR) is 93.1 cm³/mol. The molecule has 0 saturated carbocycles. The van der Waals surface area contributed by atoms with Crippen molar-refractivity contribution in [3.63, 3.8) is 0 Å². The van der Waals surface area contributed by atoms with Gasteiger partial charge in [-0.05, 0) is 25.1 Å². The van der Waals surface area contributed by atoms with Crippen LogP contribution in [0.5, 0.6) is 5.75 Å². The molecule has 0 saturated heterocycles. The van der Waals surface area contributed by atoms with Gasteiger partial charge in [-0.25, -0.2) is 0 Å². The van der Waals surface area contributed by atoms with Gasteiger partial charge in [-0.15, -0.1) is 10.2 Å². The number of ether oxygens (including phenoxy) is 1. The van der Waals surface area contributed by atoms with E-state index in [2.05, 4.69) is 15.2 Å². The minimum atomic E-state index is 0.416. The molecule has 0 amide bonds. The Hall–Kier alpha value is -2.59. The summed E-state index contributed by atoms with van der Waals surface area (Å²) in [5.74, 6) is 0.809. The average Bonchev–Trinajstić information content (AvgIpc) is 2.90. The van der Waals surface area contributed by atoms with Crippen LogP contribution in [0.4, 0.5) is 0 Å². The summed E-state index contributed by atoms with van der Waals surface area (Å²) in [5.41, 5.74) is 3.93. The summed E-state index contributed by atoms with van der Waals surface area (Å²) in [6, 6.07) is 13.9. The summed E-state index contributed by atoms with van der Waals surface area (Å²) in [4.78, 5) is 3.40. The monoisotopic (exact) mass is 323 g/mol. The number of aromatic nitrogens is 3. The average molecular weight is 324 g/mol. The van der Waals surface area contributed by atoms with E-state index in [0.717, 1.165) is 44.4 Å². The Morgan fingerprint density at radius 2 is 1.78 bits per heavy atom. The predicted octanol–water partition coefficient (Wildman–Crippen LogP) is 4.75. The molecule has 2 heterocycles. The molecule has 0 spiro atoms. The fourth-order valence-corrected chi connectivity index (χ4v) is 3.20. The lowest BCUT2D eigenvalue weighted by molar-refractivity contribution is 0.415. The second-order valence-corrected chi connectivity index (χ2v) is 5.78. The molecule has 0 bridgehead atoms. The van der Waals surface area contributed by atoms with E-state index in [0.29, 0.717) is 5.15 Å². The van der Waals surface area contributed by atoms with E-state index >= 15 is 0 Å². The van der Waals surface area contributed by atoms with Gasteiger partial charge in [0.05, 0.1) is 7.11 Å². The van der Waals surface area contributed by atoms with Gasteiger partial charge in [0.1, 0.15) is 11.4 Å². The highest BCUT2D eigenvalue weighted by Gasteiger charge is 2.17. The van der Waals surface area contributed by atoms with Crippen molar-refractivity contribution < 1.29 is 4.74 Å². The maximum absolute atomic E-state index is 6.19. The summed E-state index contributed by atoms with van der Waals surface area (Å²) in [6.45, 7) is 2.03. The maximum Gasteiger partial charge on any atom is 0.159 e. The number of hydrogen-bond donors (Lipinski definition) is 1. The first kappa shape index (κ1) is 14.0. The van der Waals surface area contributed by atoms with Crippen molar-refractivity contribution in [3.8, 4) is 17.0 Å². The number of H-pyrrole nitrogens is 1. The first-order valence-electron chi connectivity index (χ1n) is 7.26. The minimum absolute atomic E-state index is 0.416. The van der Waals surface area contributed by atoms with Gasteiger partial charge in [-0.2, -0.15) is 0 Å². The summed E-state index contributed by atoms with van der Waals surface area (Å²) in [6.07, 6.45) is 0. The second kappa shape index (κ2) is 5.25. The van der Waals surface area contributed by atoms with E-state index in [9.17, 15) is 0 Å². The molecule has 4 nitrogen and oxygen atoms in total. The zero-order chi connectivity index (χ0) is 16.0. The first-order chi connectivity index (χ1) is 11.2. The van der Waals surface area contributed by atoms with Crippen LogP contribution in [0.2, 0.25) is 5.15 Å². The molecular weight excluding hydrogens is 310 g/mol. The van der Waals surface area contributed by atoms with Gasteiger partial charge in [0, 0.05) is 32.9 Å². The normalized spacial score (nSPS) is 11.3. The Kier molecular flexibility index (Phi) is 3.20. The second-order valence-electron chi connectivity index (χ2n) is 5.42. The molecule has 2 aromatic heterocycles. The third kappa shape index (κ3) is 2.14. The van der Waals surface area contributed by atoms with Crippen LogP contribution in [-0.4, -0.2) is 22.3 Å². The third-order valence-electron chi connectivity index (χ3n) is 4.07. The van der Waals surface area contributed by atoms with Gasteiger partial charge in [0.15, 0.2) is 5.15 Å². The number of nitrogens with one attached hydrogen (secondary N) is 1. The number of nitrogens with zero attached hydrogens (tertiary/aromatic N) is 2. The van der Waals surface area contributed by atoms with Crippen molar-refractivity contribution in [1.29, 1.82) is 0 Å². The van der Waals surface area contributed by atoms with E-state index in [1.807, 2.05) is 49.4 Å². The minimum Gasteiger partial charge on any atom is -0.497 e. The molecule has 0 unspecified atom stereocenters. The van der Waals surface area contributed by atoms with E-state index in [4.69, 9.17) is 16.3 Å². The molecule has 4 aromatic rings. The smallest absolute Gasteiger partial charge is 0.159 e. The number of halogens is 1. The number of fused-ring (bicyclic) bond motifs is 2. The maximum atomic E-state index is 6.19. The Morgan fingerprint density at radius 3 is 2.57 bits per heavy atom. The number of aromatic amines is 1. The number of aryl methyl sites for hydroxylation is 1. The molecule has 0 fully saturated rings. The van der Waals surface area contributed by atoms with Crippen LogP contribution in [0.3, 0.4) is 0 Å². The van der Waals surface area contributed by atoms with Crippen molar-refractivity contribution in [2.45, 2.75) is 6.92 Å². The number of benzene rings is 2. The Morgan fingerprint density at radius 1 is 1.00 bits per heavy atom. The van der Waals surface area contributed by atoms with E-state index in [1.54, 1.807) is 7.11 Å². The SMILES string of the molecule is COc1ccc2[nH]c(C)c(-c3nnc(Cl)c4ccccc34)c2c1. The number of rotatable bonds is 2. The highest BCUT2D eigenvalue weighted by Crippen LogP contribution is 2.37. The fraction of sp³-hybridized carbons (Fsp3) is 0.111. The summed E-state index contributed by atoms with van der Waals surface area (Å²) < 4.78 is 5.36. The van der Waals surface area contributed by atoms with Gasteiger partial charge in [-0.1, -0.05) is 35.9 Å². The van der Waals surface area contributed by atoms with Crippen LogP contribution in [0.1, 0.15) is 5.69 Å². The van der Waals surface area contributed by atoms with Gasteiger partial charge < -0.3 is 9.72 Å². The Balaban J connectivity index is 2.10. The Bertz CT molecular complexity index is 1040. The zero-order valence-corrected chi connectivity index (χ0v) is 13.5. The first-order valence-corrected chi connectivity index (χ1v) is 7.64. The van der Waals surface area contributed by atoms with Crippen molar-refractivity contribution in [2.24, 2.45) is 0 Å². The highest BCUT2D eigenvalue weighted by molar-refractivity contribution is 6.34. The van der Waals surface area contributed by atoms with Crippen LogP contribution >= 0.6 is 11.6 Å². The van der Waals surface area contributed by atoms with Crippen LogP contribution < -0.4 is 4.74 Å². The standard InChI is InChI=1S/C18H14ClN3O/c1-10-16(14-9-11(23-2)7-8-15(14)20-10)17-12-5-3-4-6-13(12)18(19)22-21-17/h3-9,20H,1-2H3. The molecule has 0 aliphatic carbocycles. The van der Waals surface area contributed by atoms with Crippen LogP contribution in [0.25, 0.3) is 32.9 Å². The number of methoxy groups -OCH3 is 1. The lowest BCUT2D eigenvalue weighted by Crippen LogP contribution is -1.92. The summed E-state index contributed by atoms with van der Waals surface area (Å²) in [7, 11) is 1.66. The topological polar surface area (TPSA) is 50.8 Å². The summed E-state index contributed by atoms with van der Waals surface area (Å²) >= 11 is 6.19. The van der Waals surface area contributed by atoms with Gasteiger partial charge in [0.25, 0.3) is 0 Å². The van der Waals surface area contributed by atoms with E-state index < -0.39 is 0 Å². The molecule has 23 heavy (non-hydrogen) atoms. The zero-order valence-electron chi connectivity index (χ0n) is 12.7. The molecule has 0 aliphatic heterocycles. The molecule has 0 aliphatic rings.